The number of hydrogen-bond acceptors (Lipinski definition) is 1. The summed E-state index contributed by atoms with van der Waals surface area (Å²) >= 11 is 0. The summed E-state index contributed by atoms with van der Waals surface area (Å²) in [6, 6.07) is 0.788. The standard InChI is InChI=1S/C13H25N/c1-5-8-14-11-9-10-6-7-13(11,4)12(10,2)3/h10-11,14H,5-9H2,1-4H3/t10-,11+,13+/m1/s1. The Balaban J connectivity index is 2.11. The van der Waals surface area contributed by atoms with Crippen LogP contribution in [0.15, 0.2) is 0 Å². The second-order valence-electron chi connectivity index (χ2n) is 6.12. The number of fused-ring (bicyclic) bond motifs is 2. The lowest BCUT2D eigenvalue weighted by Crippen LogP contribution is -2.44. The Bertz CT molecular complexity index is 221. The van der Waals surface area contributed by atoms with Crippen molar-refractivity contribution in [3.05, 3.63) is 0 Å². The lowest BCUT2D eigenvalue weighted by Gasteiger charge is -2.39. The first-order valence-electron chi connectivity index (χ1n) is 6.25. The number of rotatable bonds is 3. The molecular formula is C13H25N. The SMILES string of the molecule is CCCN[C@H]1C[C@H]2CC[C@]1(C)C2(C)C. The molecule has 82 valence electrons. The van der Waals surface area contributed by atoms with Crippen LogP contribution in [-0.4, -0.2) is 12.6 Å². The van der Waals surface area contributed by atoms with Crippen LogP contribution in [0.4, 0.5) is 0 Å². The number of nitrogens with one attached hydrogen (secondary N) is 1. The molecule has 0 aromatic heterocycles. The van der Waals surface area contributed by atoms with E-state index >= 15 is 0 Å². The predicted octanol–water partition coefficient (Wildman–Crippen LogP) is 3.20. The lowest BCUT2D eigenvalue weighted by atomic mass is 9.69. The van der Waals surface area contributed by atoms with Crippen molar-refractivity contribution in [2.45, 2.75) is 59.4 Å². The Morgan fingerprint density at radius 2 is 2.00 bits per heavy atom. The first kappa shape index (κ1) is 10.5. The molecule has 0 unspecified atom stereocenters. The molecule has 2 aliphatic carbocycles. The van der Waals surface area contributed by atoms with Crippen molar-refractivity contribution in [1.82, 2.24) is 5.32 Å². The van der Waals surface area contributed by atoms with Gasteiger partial charge in [-0.05, 0) is 49.0 Å². The summed E-state index contributed by atoms with van der Waals surface area (Å²) in [5.74, 6) is 0.974. The zero-order valence-corrected chi connectivity index (χ0v) is 10.2. The van der Waals surface area contributed by atoms with E-state index in [4.69, 9.17) is 0 Å². The fourth-order valence-electron chi connectivity index (χ4n) is 3.83. The van der Waals surface area contributed by atoms with Gasteiger partial charge in [0.25, 0.3) is 0 Å². The molecule has 2 fully saturated rings. The second-order valence-corrected chi connectivity index (χ2v) is 6.12. The van der Waals surface area contributed by atoms with Crippen LogP contribution >= 0.6 is 0 Å². The Kier molecular flexibility index (Phi) is 2.42. The third-order valence-corrected chi connectivity index (χ3v) is 5.43. The topological polar surface area (TPSA) is 12.0 Å². The highest BCUT2D eigenvalue weighted by Gasteiger charge is 2.60. The summed E-state index contributed by atoms with van der Waals surface area (Å²) < 4.78 is 0. The van der Waals surface area contributed by atoms with Crippen molar-refractivity contribution in [2.75, 3.05) is 6.54 Å². The summed E-state index contributed by atoms with van der Waals surface area (Å²) in [7, 11) is 0. The molecule has 1 heteroatoms. The molecule has 0 aromatic carbocycles. The maximum Gasteiger partial charge on any atom is 0.0129 e. The quantitative estimate of drug-likeness (QED) is 0.729. The monoisotopic (exact) mass is 195 g/mol. The largest absolute Gasteiger partial charge is 0.313 e. The summed E-state index contributed by atoms with van der Waals surface area (Å²) in [4.78, 5) is 0. The molecule has 2 saturated carbocycles. The molecule has 2 rings (SSSR count). The van der Waals surface area contributed by atoms with Crippen LogP contribution in [0.5, 0.6) is 0 Å². The summed E-state index contributed by atoms with van der Waals surface area (Å²) in [5.41, 5.74) is 1.13. The Morgan fingerprint density at radius 1 is 1.29 bits per heavy atom. The van der Waals surface area contributed by atoms with E-state index in [1.54, 1.807) is 0 Å². The van der Waals surface area contributed by atoms with Gasteiger partial charge < -0.3 is 5.32 Å². The third-order valence-electron chi connectivity index (χ3n) is 5.43. The zero-order valence-electron chi connectivity index (χ0n) is 10.2. The van der Waals surface area contributed by atoms with E-state index < -0.39 is 0 Å². The van der Waals surface area contributed by atoms with Gasteiger partial charge in [0.05, 0.1) is 0 Å². The average Bonchev–Trinajstić information content (AvgIpc) is 2.46. The molecule has 3 atom stereocenters. The van der Waals surface area contributed by atoms with E-state index in [1.165, 1.54) is 32.2 Å². The lowest BCUT2D eigenvalue weighted by molar-refractivity contribution is 0.121. The maximum absolute atomic E-state index is 3.76. The Labute approximate surface area is 88.7 Å². The molecule has 2 aliphatic rings. The summed E-state index contributed by atoms with van der Waals surface area (Å²) in [6.45, 7) is 10.9. The van der Waals surface area contributed by atoms with Gasteiger partial charge in [0.2, 0.25) is 0 Å². The van der Waals surface area contributed by atoms with E-state index in [0.717, 1.165) is 12.0 Å². The molecule has 2 bridgehead atoms. The summed E-state index contributed by atoms with van der Waals surface area (Å²) in [6.07, 6.45) is 5.58. The Hall–Kier alpha value is -0.0400. The molecule has 1 N–H and O–H groups in total. The highest BCUT2D eigenvalue weighted by atomic mass is 15.0. The van der Waals surface area contributed by atoms with E-state index in [-0.39, 0.29) is 0 Å². The minimum atomic E-state index is 0.562. The molecule has 0 aromatic rings. The van der Waals surface area contributed by atoms with Crippen LogP contribution in [-0.2, 0) is 0 Å². The Morgan fingerprint density at radius 3 is 2.43 bits per heavy atom. The fraction of sp³-hybridized carbons (Fsp3) is 1.00. The van der Waals surface area contributed by atoms with E-state index in [1.807, 2.05) is 0 Å². The van der Waals surface area contributed by atoms with Crippen LogP contribution in [0, 0.1) is 16.7 Å². The van der Waals surface area contributed by atoms with Crippen LogP contribution in [0.3, 0.4) is 0 Å². The van der Waals surface area contributed by atoms with E-state index in [2.05, 4.69) is 33.0 Å². The van der Waals surface area contributed by atoms with Crippen LogP contribution in [0.1, 0.15) is 53.4 Å². The molecule has 0 aliphatic heterocycles. The zero-order chi connectivity index (χ0) is 10.4. The number of hydrogen-bond donors (Lipinski definition) is 1. The van der Waals surface area contributed by atoms with E-state index in [9.17, 15) is 0 Å². The van der Waals surface area contributed by atoms with Crippen LogP contribution in [0.2, 0.25) is 0 Å². The molecule has 0 spiro atoms. The summed E-state index contributed by atoms with van der Waals surface area (Å²) in [5, 5.41) is 3.76. The molecule has 14 heavy (non-hydrogen) atoms. The second kappa shape index (κ2) is 3.23. The molecule has 0 radical (unpaired) electrons. The van der Waals surface area contributed by atoms with Crippen LogP contribution in [0.25, 0.3) is 0 Å². The van der Waals surface area contributed by atoms with Gasteiger partial charge in [0, 0.05) is 6.04 Å². The predicted molar refractivity (Wildman–Crippen MR) is 61.3 cm³/mol. The normalized spacial score (nSPS) is 44.6. The third kappa shape index (κ3) is 1.18. The van der Waals surface area contributed by atoms with Crippen molar-refractivity contribution >= 4 is 0 Å². The first-order chi connectivity index (χ1) is 6.52. The van der Waals surface area contributed by atoms with Crippen LogP contribution < -0.4 is 5.32 Å². The van der Waals surface area contributed by atoms with Gasteiger partial charge in [-0.15, -0.1) is 0 Å². The van der Waals surface area contributed by atoms with Gasteiger partial charge in [-0.1, -0.05) is 27.7 Å². The van der Waals surface area contributed by atoms with Gasteiger partial charge in [-0.2, -0.15) is 0 Å². The smallest absolute Gasteiger partial charge is 0.0129 e. The molecule has 0 amide bonds. The highest BCUT2D eigenvalue weighted by molar-refractivity contribution is 5.12. The van der Waals surface area contributed by atoms with Crippen molar-refractivity contribution in [3.8, 4) is 0 Å². The molecular weight excluding hydrogens is 170 g/mol. The molecule has 0 heterocycles. The van der Waals surface area contributed by atoms with Gasteiger partial charge in [-0.3, -0.25) is 0 Å². The van der Waals surface area contributed by atoms with Gasteiger partial charge in [0.15, 0.2) is 0 Å². The minimum Gasteiger partial charge on any atom is -0.313 e. The molecule has 0 saturated heterocycles. The first-order valence-corrected chi connectivity index (χ1v) is 6.25. The maximum atomic E-state index is 3.76. The molecule has 1 nitrogen and oxygen atoms in total. The van der Waals surface area contributed by atoms with Crippen molar-refractivity contribution in [2.24, 2.45) is 16.7 Å². The van der Waals surface area contributed by atoms with Crippen molar-refractivity contribution in [3.63, 3.8) is 0 Å². The average molecular weight is 195 g/mol. The van der Waals surface area contributed by atoms with E-state index in [0.29, 0.717) is 10.8 Å². The van der Waals surface area contributed by atoms with Crippen molar-refractivity contribution in [1.29, 1.82) is 0 Å². The van der Waals surface area contributed by atoms with Gasteiger partial charge >= 0.3 is 0 Å². The van der Waals surface area contributed by atoms with Gasteiger partial charge in [-0.25, -0.2) is 0 Å². The highest BCUT2D eigenvalue weighted by Crippen LogP contribution is 2.65. The van der Waals surface area contributed by atoms with Crippen molar-refractivity contribution < 1.29 is 0 Å². The fourth-order valence-corrected chi connectivity index (χ4v) is 3.83. The minimum absolute atomic E-state index is 0.562. The van der Waals surface area contributed by atoms with Gasteiger partial charge in [0.1, 0.15) is 0 Å².